The van der Waals surface area contributed by atoms with Gasteiger partial charge in [-0.25, -0.2) is 0 Å². The molecular formula is C19H30N4O2. The van der Waals surface area contributed by atoms with Crippen LogP contribution in [0.4, 0.5) is 5.69 Å². The molecule has 6 heteroatoms. The normalized spacial score (nSPS) is 18.9. The number of hydrogen-bond acceptors (Lipinski definition) is 4. The number of nitrogens with zero attached hydrogens (tertiary/aromatic N) is 3. The van der Waals surface area contributed by atoms with Crippen molar-refractivity contribution in [3.8, 4) is 0 Å². The maximum absolute atomic E-state index is 12.7. The van der Waals surface area contributed by atoms with E-state index < -0.39 is 0 Å². The number of amides is 2. The Hall–Kier alpha value is -2.08. The standard InChI is InChI=1S/C19H30N4O2/c1-15(19(25)23-11-7-8-16(14-23)18(20)24)21(2)12-13-22(3)17-9-5-4-6-10-17/h4-6,9-10,15-16H,7-8,11-14H2,1-3H3,(H2,20,24). The molecule has 2 atom stereocenters. The highest BCUT2D eigenvalue weighted by Gasteiger charge is 2.30. The monoisotopic (exact) mass is 346 g/mol. The van der Waals surface area contributed by atoms with E-state index in [0.29, 0.717) is 13.1 Å². The first-order valence-corrected chi connectivity index (χ1v) is 8.94. The molecule has 0 bridgehead atoms. The van der Waals surface area contributed by atoms with Crippen LogP contribution in [0.15, 0.2) is 30.3 Å². The predicted molar refractivity (Wildman–Crippen MR) is 100 cm³/mol. The van der Waals surface area contributed by atoms with Crippen LogP contribution >= 0.6 is 0 Å². The lowest BCUT2D eigenvalue weighted by Gasteiger charge is -2.35. The summed E-state index contributed by atoms with van der Waals surface area (Å²) in [6.07, 6.45) is 1.62. The maximum atomic E-state index is 12.7. The molecule has 0 aromatic heterocycles. The zero-order valence-corrected chi connectivity index (χ0v) is 15.5. The van der Waals surface area contributed by atoms with Crippen LogP contribution in [-0.2, 0) is 9.59 Å². The lowest BCUT2D eigenvalue weighted by atomic mass is 9.97. The number of hydrogen-bond donors (Lipinski definition) is 1. The van der Waals surface area contributed by atoms with Crippen molar-refractivity contribution in [2.45, 2.75) is 25.8 Å². The van der Waals surface area contributed by atoms with E-state index in [-0.39, 0.29) is 23.8 Å². The average molecular weight is 346 g/mol. The molecule has 1 saturated heterocycles. The Kier molecular flexibility index (Phi) is 6.82. The van der Waals surface area contributed by atoms with Crippen LogP contribution in [0.25, 0.3) is 0 Å². The van der Waals surface area contributed by atoms with Crippen molar-refractivity contribution in [1.82, 2.24) is 9.80 Å². The van der Waals surface area contributed by atoms with Crippen molar-refractivity contribution < 1.29 is 9.59 Å². The zero-order valence-electron chi connectivity index (χ0n) is 15.5. The first-order chi connectivity index (χ1) is 11.9. The van der Waals surface area contributed by atoms with Gasteiger partial charge in [0.1, 0.15) is 0 Å². The molecule has 1 aliphatic heterocycles. The van der Waals surface area contributed by atoms with E-state index in [1.807, 2.05) is 32.2 Å². The van der Waals surface area contributed by atoms with Crippen LogP contribution in [0.2, 0.25) is 0 Å². The molecule has 1 aromatic carbocycles. The van der Waals surface area contributed by atoms with Gasteiger partial charge in [0, 0.05) is 38.9 Å². The van der Waals surface area contributed by atoms with Crippen LogP contribution in [0, 0.1) is 5.92 Å². The summed E-state index contributed by atoms with van der Waals surface area (Å²) >= 11 is 0. The highest BCUT2D eigenvalue weighted by atomic mass is 16.2. The number of anilines is 1. The minimum atomic E-state index is -0.303. The number of primary amides is 1. The lowest BCUT2D eigenvalue weighted by molar-refractivity contribution is -0.139. The number of benzene rings is 1. The minimum Gasteiger partial charge on any atom is -0.373 e. The van der Waals surface area contributed by atoms with Crippen molar-refractivity contribution in [3.63, 3.8) is 0 Å². The smallest absolute Gasteiger partial charge is 0.239 e. The number of para-hydroxylation sites is 1. The number of carbonyl (C=O) groups is 2. The molecule has 6 nitrogen and oxygen atoms in total. The van der Waals surface area contributed by atoms with Gasteiger partial charge in [0.25, 0.3) is 0 Å². The van der Waals surface area contributed by atoms with E-state index >= 15 is 0 Å². The molecule has 2 unspecified atom stereocenters. The Balaban J connectivity index is 1.85. The Bertz CT molecular complexity index is 578. The van der Waals surface area contributed by atoms with Crippen LogP contribution < -0.4 is 10.6 Å². The van der Waals surface area contributed by atoms with Crippen molar-refractivity contribution >= 4 is 17.5 Å². The highest BCUT2D eigenvalue weighted by molar-refractivity contribution is 5.83. The fraction of sp³-hybridized carbons (Fsp3) is 0.579. The largest absolute Gasteiger partial charge is 0.373 e. The van der Waals surface area contributed by atoms with E-state index in [4.69, 9.17) is 5.73 Å². The van der Waals surface area contributed by atoms with Crippen LogP contribution in [0.1, 0.15) is 19.8 Å². The molecule has 0 saturated carbocycles. The van der Waals surface area contributed by atoms with Crippen molar-refractivity contribution in [2.75, 3.05) is 45.2 Å². The van der Waals surface area contributed by atoms with Gasteiger partial charge in [0.2, 0.25) is 11.8 Å². The SMILES string of the molecule is CC(C(=O)N1CCCC(C(N)=O)C1)N(C)CCN(C)c1ccccc1. The number of rotatable bonds is 7. The molecule has 25 heavy (non-hydrogen) atoms. The fourth-order valence-corrected chi connectivity index (χ4v) is 3.18. The van der Waals surface area contributed by atoms with Gasteiger partial charge in [-0.3, -0.25) is 14.5 Å². The molecule has 1 heterocycles. The Morgan fingerprint density at radius 1 is 1.24 bits per heavy atom. The van der Waals surface area contributed by atoms with Crippen molar-refractivity contribution in [1.29, 1.82) is 0 Å². The predicted octanol–water partition coefficient (Wildman–Crippen LogP) is 1.17. The molecule has 0 radical (unpaired) electrons. The molecule has 0 aliphatic carbocycles. The molecule has 1 aliphatic rings. The van der Waals surface area contributed by atoms with Crippen LogP contribution in [0.5, 0.6) is 0 Å². The van der Waals surface area contributed by atoms with Gasteiger partial charge >= 0.3 is 0 Å². The third-order valence-electron chi connectivity index (χ3n) is 5.14. The van der Waals surface area contributed by atoms with E-state index in [0.717, 1.165) is 31.6 Å². The summed E-state index contributed by atoms with van der Waals surface area (Å²) in [5.74, 6) is -0.432. The van der Waals surface area contributed by atoms with Crippen molar-refractivity contribution in [2.24, 2.45) is 11.7 Å². The Labute approximate surface area is 150 Å². The summed E-state index contributed by atoms with van der Waals surface area (Å²) in [5.41, 5.74) is 6.57. The zero-order chi connectivity index (χ0) is 18.4. The quantitative estimate of drug-likeness (QED) is 0.804. The number of likely N-dealkylation sites (N-methyl/N-ethyl adjacent to an activating group) is 2. The van der Waals surface area contributed by atoms with E-state index in [9.17, 15) is 9.59 Å². The second-order valence-electron chi connectivity index (χ2n) is 6.94. The number of likely N-dealkylation sites (tertiary alicyclic amines) is 1. The van der Waals surface area contributed by atoms with Crippen molar-refractivity contribution in [3.05, 3.63) is 30.3 Å². The lowest BCUT2D eigenvalue weighted by Crippen LogP contribution is -2.51. The second-order valence-corrected chi connectivity index (χ2v) is 6.94. The summed E-state index contributed by atoms with van der Waals surface area (Å²) in [7, 11) is 4.02. The first-order valence-electron chi connectivity index (χ1n) is 8.94. The third kappa shape index (κ3) is 5.19. The molecule has 1 aromatic rings. The number of piperidine rings is 1. The van der Waals surface area contributed by atoms with Crippen LogP contribution in [0.3, 0.4) is 0 Å². The first kappa shape index (κ1) is 19.2. The minimum absolute atomic E-state index is 0.0795. The number of carbonyl (C=O) groups excluding carboxylic acids is 2. The summed E-state index contributed by atoms with van der Waals surface area (Å²) < 4.78 is 0. The van der Waals surface area contributed by atoms with Gasteiger partial charge in [-0.2, -0.15) is 0 Å². The van der Waals surface area contributed by atoms with E-state index in [2.05, 4.69) is 29.0 Å². The van der Waals surface area contributed by atoms with Gasteiger partial charge in [-0.05, 0) is 38.9 Å². The summed E-state index contributed by atoms with van der Waals surface area (Å²) in [4.78, 5) is 30.2. The average Bonchev–Trinajstić information content (AvgIpc) is 2.65. The summed E-state index contributed by atoms with van der Waals surface area (Å²) in [5, 5.41) is 0. The summed E-state index contributed by atoms with van der Waals surface area (Å²) in [6.45, 7) is 4.72. The fourth-order valence-electron chi connectivity index (χ4n) is 3.18. The van der Waals surface area contributed by atoms with E-state index in [1.165, 1.54) is 0 Å². The molecular weight excluding hydrogens is 316 g/mol. The van der Waals surface area contributed by atoms with Gasteiger partial charge in [-0.1, -0.05) is 18.2 Å². The molecule has 2 rings (SSSR count). The Morgan fingerprint density at radius 2 is 1.92 bits per heavy atom. The number of nitrogens with two attached hydrogens (primary N) is 1. The summed E-state index contributed by atoms with van der Waals surface area (Å²) in [6, 6.07) is 9.98. The molecule has 138 valence electrons. The highest BCUT2D eigenvalue weighted by Crippen LogP contribution is 2.18. The van der Waals surface area contributed by atoms with Crippen LogP contribution in [-0.4, -0.2) is 67.9 Å². The molecule has 2 N–H and O–H groups in total. The maximum Gasteiger partial charge on any atom is 0.239 e. The van der Waals surface area contributed by atoms with Gasteiger partial charge in [0.15, 0.2) is 0 Å². The van der Waals surface area contributed by atoms with Gasteiger partial charge in [0.05, 0.1) is 12.0 Å². The molecule has 1 fully saturated rings. The third-order valence-corrected chi connectivity index (χ3v) is 5.14. The molecule has 0 spiro atoms. The Morgan fingerprint density at radius 3 is 2.56 bits per heavy atom. The second kappa shape index (κ2) is 8.85. The van der Waals surface area contributed by atoms with Gasteiger partial charge in [-0.15, -0.1) is 0 Å². The van der Waals surface area contributed by atoms with Gasteiger partial charge < -0.3 is 15.5 Å². The topological polar surface area (TPSA) is 69.9 Å². The molecule has 2 amide bonds. The van der Waals surface area contributed by atoms with E-state index in [1.54, 1.807) is 4.90 Å².